The molecule has 0 bridgehead atoms. The third-order valence-electron chi connectivity index (χ3n) is 1.24. The van der Waals surface area contributed by atoms with Crippen molar-refractivity contribution in [2.75, 3.05) is 0 Å². The summed E-state index contributed by atoms with van der Waals surface area (Å²) in [5.74, 6) is 0. The molecule has 1 nitrogen and oxygen atoms in total. The van der Waals surface area contributed by atoms with Crippen molar-refractivity contribution in [3.8, 4) is 0 Å². The molecule has 0 saturated heterocycles. The van der Waals surface area contributed by atoms with Gasteiger partial charge in [-0.25, -0.2) is 0 Å². The van der Waals surface area contributed by atoms with Gasteiger partial charge in [-0.1, -0.05) is 33.5 Å². The molecule has 0 saturated carbocycles. The summed E-state index contributed by atoms with van der Waals surface area (Å²) in [6, 6.07) is 5.34. The van der Waals surface area contributed by atoms with Crippen molar-refractivity contribution in [2.45, 2.75) is 6.61 Å². The Kier molecular flexibility index (Phi) is 2.52. The second-order valence-electron chi connectivity index (χ2n) is 2.01. The van der Waals surface area contributed by atoms with E-state index in [0.29, 0.717) is 5.46 Å². The Labute approximate surface area is 69.6 Å². The van der Waals surface area contributed by atoms with Crippen molar-refractivity contribution in [1.29, 1.82) is 0 Å². The van der Waals surface area contributed by atoms with E-state index in [1.54, 1.807) is 12.1 Å². The van der Waals surface area contributed by atoms with Crippen molar-refractivity contribution in [3.63, 3.8) is 0 Å². The lowest BCUT2D eigenvalue weighted by Crippen LogP contribution is -2.02. The van der Waals surface area contributed by atoms with Crippen molar-refractivity contribution >= 4 is 29.2 Å². The van der Waals surface area contributed by atoms with Crippen LogP contribution in [-0.4, -0.2) is 13.0 Å². The third-order valence-corrected chi connectivity index (χ3v) is 2.01. The Hall–Kier alpha value is -0.275. The highest BCUT2D eigenvalue weighted by Gasteiger charge is 1.95. The van der Waals surface area contributed by atoms with Crippen LogP contribution in [0.4, 0.5) is 0 Å². The zero-order chi connectivity index (χ0) is 7.56. The molecule has 0 aliphatic rings. The maximum absolute atomic E-state index is 8.76. The summed E-state index contributed by atoms with van der Waals surface area (Å²) in [7, 11) is 5.47. The fourth-order valence-corrected chi connectivity index (χ4v) is 1.09. The third kappa shape index (κ3) is 1.61. The van der Waals surface area contributed by atoms with E-state index in [4.69, 9.17) is 13.0 Å². The van der Waals surface area contributed by atoms with Crippen LogP contribution in [0.2, 0.25) is 0 Å². The Morgan fingerprint density at radius 2 is 2.20 bits per heavy atom. The molecule has 1 aromatic rings. The Morgan fingerprint density at radius 1 is 1.50 bits per heavy atom. The normalized spacial score (nSPS) is 9.80. The van der Waals surface area contributed by atoms with E-state index in [2.05, 4.69) is 15.9 Å². The lowest BCUT2D eigenvalue weighted by atomic mass is 9.95. The van der Waals surface area contributed by atoms with Gasteiger partial charge in [0.15, 0.2) is 0 Å². The molecule has 0 aliphatic heterocycles. The molecule has 0 unspecified atom stereocenters. The Balaban J connectivity index is 3.09. The lowest BCUT2D eigenvalue weighted by molar-refractivity contribution is 0.281. The van der Waals surface area contributed by atoms with E-state index in [1.807, 2.05) is 6.07 Å². The van der Waals surface area contributed by atoms with Crippen LogP contribution in [-0.2, 0) is 6.61 Å². The molecule has 0 spiro atoms. The van der Waals surface area contributed by atoms with Gasteiger partial charge >= 0.3 is 0 Å². The van der Waals surface area contributed by atoms with Crippen molar-refractivity contribution < 1.29 is 5.11 Å². The molecule has 1 N–H and O–H groups in total. The van der Waals surface area contributed by atoms with Crippen molar-refractivity contribution in [1.82, 2.24) is 0 Å². The second-order valence-corrected chi connectivity index (χ2v) is 2.86. The van der Waals surface area contributed by atoms with E-state index in [1.165, 1.54) is 0 Å². The van der Waals surface area contributed by atoms with Crippen LogP contribution in [0.1, 0.15) is 5.56 Å². The first-order chi connectivity index (χ1) is 4.74. The number of halogens is 1. The zero-order valence-corrected chi connectivity index (χ0v) is 6.93. The van der Waals surface area contributed by atoms with Crippen LogP contribution in [0.15, 0.2) is 22.7 Å². The Bertz CT molecular complexity index is 237. The molecule has 3 heteroatoms. The van der Waals surface area contributed by atoms with E-state index in [0.717, 1.165) is 10.0 Å². The zero-order valence-electron chi connectivity index (χ0n) is 5.34. The van der Waals surface area contributed by atoms with Crippen molar-refractivity contribution in [3.05, 3.63) is 28.2 Å². The number of hydrogen-bond acceptors (Lipinski definition) is 1. The first-order valence-electron chi connectivity index (χ1n) is 2.89. The number of aliphatic hydroxyl groups excluding tert-OH is 1. The molecule has 0 aliphatic carbocycles. The number of aliphatic hydroxyl groups is 1. The maximum atomic E-state index is 8.76. The largest absolute Gasteiger partial charge is 0.392 e. The number of rotatable bonds is 1. The smallest absolute Gasteiger partial charge is 0.113 e. The highest BCUT2D eigenvalue weighted by Crippen LogP contribution is 2.13. The van der Waals surface area contributed by atoms with Gasteiger partial charge in [0.2, 0.25) is 0 Å². The van der Waals surface area contributed by atoms with E-state index in [9.17, 15) is 0 Å². The summed E-state index contributed by atoms with van der Waals surface area (Å²) in [6.07, 6.45) is 0. The summed E-state index contributed by atoms with van der Waals surface area (Å²) >= 11 is 3.28. The molecule has 0 fully saturated rings. The average molecular weight is 197 g/mol. The van der Waals surface area contributed by atoms with Gasteiger partial charge in [0.05, 0.1) is 6.61 Å². The van der Waals surface area contributed by atoms with Gasteiger partial charge in [-0.15, -0.1) is 0 Å². The van der Waals surface area contributed by atoms with Gasteiger partial charge < -0.3 is 5.11 Å². The number of benzene rings is 1. The fourth-order valence-electron chi connectivity index (χ4n) is 0.716. The quantitative estimate of drug-likeness (QED) is 0.658. The first-order valence-corrected chi connectivity index (χ1v) is 3.68. The monoisotopic (exact) mass is 196 g/mol. The topological polar surface area (TPSA) is 20.2 Å². The molecule has 0 atom stereocenters. The Morgan fingerprint density at radius 3 is 2.70 bits per heavy atom. The summed E-state index contributed by atoms with van der Waals surface area (Å²) in [5.41, 5.74) is 1.49. The van der Waals surface area contributed by atoms with Gasteiger partial charge in [0, 0.05) is 4.47 Å². The molecule has 10 heavy (non-hydrogen) atoms. The number of hydrogen-bond donors (Lipinski definition) is 1. The van der Waals surface area contributed by atoms with Gasteiger partial charge in [-0.2, -0.15) is 0 Å². The molecule has 1 rings (SSSR count). The minimum atomic E-state index is 0.0195. The average Bonchev–Trinajstić information content (AvgIpc) is 1.94. The van der Waals surface area contributed by atoms with Gasteiger partial charge in [-0.3, -0.25) is 0 Å². The van der Waals surface area contributed by atoms with Gasteiger partial charge in [-0.05, 0) is 11.6 Å². The summed E-state index contributed by atoms with van der Waals surface area (Å²) in [5, 5.41) is 8.76. The summed E-state index contributed by atoms with van der Waals surface area (Å²) in [4.78, 5) is 0. The van der Waals surface area contributed by atoms with Gasteiger partial charge in [0.25, 0.3) is 0 Å². The van der Waals surface area contributed by atoms with Crippen LogP contribution < -0.4 is 5.46 Å². The van der Waals surface area contributed by atoms with Crippen LogP contribution in [0.25, 0.3) is 0 Å². The van der Waals surface area contributed by atoms with E-state index < -0.39 is 0 Å². The molecule has 0 heterocycles. The minimum absolute atomic E-state index is 0.0195. The highest BCUT2D eigenvalue weighted by molar-refractivity contribution is 9.10. The summed E-state index contributed by atoms with van der Waals surface area (Å²) < 4.78 is 0.893. The van der Waals surface area contributed by atoms with Gasteiger partial charge in [0.1, 0.15) is 7.85 Å². The molecular formula is C7H6BBrO. The van der Waals surface area contributed by atoms with Crippen LogP contribution in [0, 0.1) is 0 Å². The predicted molar refractivity (Wildman–Crippen MR) is 45.5 cm³/mol. The standard InChI is InChI=1S/C7H6BBrO/c8-6-1-2-7(9)5(3-6)4-10/h1-3,10H,4H2. The van der Waals surface area contributed by atoms with Crippen molar-refractivity contribution in [2.24, 2.45) is 0 Å². The molecule has 50 valence electrons. The van der Waals surface area contributed by atoms with Crippen LogP contribution in [0.3, 0.4) is 0 Å². The van der Waals surface area contributed by atoms with Crippen LogP contribution in [0.5, 0.6) is 0 Å². The summed E-state index contributed by atoms with van der Waals surface area (Å²) in [6.45, 7) is 0.0195. The minimum Gasteiger partial charge on any atom is -0.392 e. The predicted octanol–water partition coefficient (Wildman–Crippen LogP) is 0.735. The molecule has 0 aromatic heterocycles. The van der Waals surface area contributed by atoms with E-state index in [-0.39, 0.29) is 6.61 Å². The molecule has 2 radical (unpaired) electrons. The van der Waals surface area contributed by atoms with E-state index >= 15 is 0 Å². The lowest BCUT2D eigenvalue weighted by Gasteiger charge is -2.00. The maximum Gasteiger partial charge on any atom is 0.113 e. The first kappa shape index (κ1) is 7.83. The highest BCUT2D eigenvalue weighted by atomic mass is 79.9. The molecular weight excluding hydrogens is 191 g/mol. The molecule has 1 aromatic carbocycles. The second kappa shape index (κ2) is 3.22. The fraction of sp³-hybridized carbons (Fsp3) is 0.143. The van der Waals surface area contributed by atoms with Crippen LogP contribution >= 0.6 is 15.9 Å². The SMILES string of the molecule is [B]c1ccc(Br)c(CO)c1. The molecule has 0 amide bonds.